The topological polar surface area (TPSA) is 89.7 Å². The van der Waals surface area contributed by atoms with E-state index in [1.807, 2.05) is 26.0 Å². The number of fused-ring (bicyclic) bond motifs is 1. The second kappa shape index (κ2) is 6.91. The molecule has 134 valence electrons. The van der Waals surface area contributed by atoms with Gasteiger partial charge in [-0.2, -0.15) is 4.98 Å². The maximum atomic E-state index is 12.6. The Morgan fingerprint density at radius 2 is 1.81 bits per heavy atom. The van der Waals surface area contributed by atoms with Crippen molar-refractivity contribution >= 4 is 17.7 Å². The lowest BCUT2D eigenvalue weighted by Crippen LogP contribution is -2.31. The van der Waals surface area contributed by atoms with Gasteiger partial charge in [-0.15, -0.1) is 5.10 Å². The molecule has 1 aromatic carbocycles. The molecule has 0 fully saturated rings. The zero-order valence-electron chi connectivity index (χ0n) is 15.0. The van der Waals surface area contributed by atoms with Gasteiger partial charge in [-0.3, -0.25) is 4.79 Å². The van der Waals surface area contributed by atoms with Crippen molar-refractivity contribution in [2.45, 2.75) is 20.0 Å². The second-order valence-corrected chi connectivity index (χ2v) is 6.11. The van der Waals surface area contributed by atoms with Gasteiger partial charge in [0.15, 0.2) is 0 Å². The van der Waals surface area contributed by atoms with E-state index in [0.717, 1.165) is 11.4 Å². The van der Waals surface area contributed by atoms with Crippen molar-refractivity contribution < 1.29 is 14.3 Å². The van der Waals surface area contributed by atoms with E-state index in [0.29, 0.717) is 11.3 Å². The van der Waals surface area contributed by atoms with Gasteiger partial charge in [0.1, 0.15) is 0 Å². The van der Waals surface area contributed by atoms with Crippen LogP contribution in [0.4, 0.5) is 0 Å². The lowest BCUT2D eigenvalue weighted by atomic mass is 10.1. The first kappa shape index (κ1) is 17.5. The van der Waals surface area contributed by atoms with Crippen molar-refractivity contribution in [3.05, 3.63) is 59.2 Å². The Labute approximate surface area is 150 Å². The number of ether oxygens (including phenoxy) is 1. The predicted octanol–water partition coefficient (Wildman–Crippen LogP) is 1.73. The standard InChI is InChI=1S/C18H19N5O3/c1-11-10-12(2)23-18(19-11)20-15(21-23)17(25)26-14(16(24)22(3)4)13-8-6-5-7-9-13/h5-10,14H,1-4H3/t14-/m0/s1. The molecule has 0 aliphatic carbocycles. The van der Waals surface area contributed by atoms with Crippen molar-refractivity contribution in [3.63, 3.8) is 0 Å². The number of benzene rings is 1. The van der Waals surface area contributed by atoms with Crippen LogP contribution in [0.3, 0.4) is 0 Å². The van der Waals surface area contributed by atoms with Gasteiger partial charge in [0.25, 0.3) is 17.5 Å². The number of likely N-dealkylation sites (N-methyl/N-ethyl adjacent to an activating group) is 1. The molecule has 2 heterocycles. The highest BCUT2D eigenvalue weighted by atomic mass is 16.5. The van der Waals surface area contributed by atoms with Crippen LogP contribution in [0.25, 0.3) is 5.78 Å². The van der Waals surface area contributed by atoms with Crippen LogP contribution in [-0.2, 0) is 9.53 Å². The van der Waals surface area contributed by atoms with Crippen LogP contribution in [0, 0.1) is 13.8 Å². The fraction of sp³-hybridized carbons (Fsp3) is 0.278. The maximum Gasteiger partial charge on any atom is 0.379 e. The summed E-state index contributed by atoms with van der Waals surface area (Å²) in [4.78, 5) is 34.8. The van der Waals surface area contributed by atoms with Crippen molar-refractivity contribution in [2.75, 3.05) is 14.1 Å². The summed E-state index contributed by atoms with van der Waals surface area (Å²) in [5, 5.41) is 4.15. The SMILES string of the molecule is Cc1cc(C)n2nc(C(=O)O[C@H](C(=O)N(C)C)c3ccccc3)nc2n1. The molecule has 0 aliphatic heterocycles. The Morgan fingerprint density at radius 3 is 2.46 bits per heavy atom. The molecular weight excluding hydrogens is 334 g/mol. The molecule has 0 bridgehead atoms. The van der Waals surface area contributed by atoms with Crippen LogP contribution in [-0.4, -0.2) is 50.5 Å². The first-order chi connectivity index (χ1) is 12.4. The second-order valence-electron chi connectivity index (χ2n) is 6.11. The minimum atomic E-state index is -1.07. The van der Waals surface area contributed by atoms with Gasteiger partial charge < -0.3 is 9.64 Å². The zero-order valence-corrected chi connectivity index (χ0v) is 15.0. The molecule has 3 rings (SSSR count). The Kier molecular flexibility index (Phi) is 4.66. The molecule has 0 spiro atoms. The van der Waals surface area contributed by atoms with Gasteiger partial charge in [0, 0.05) is 31.0 Å². The van der Waals surface area contributed by atoms with E-state index >= 15 is 0 Å². The van der Waals surface area contributed by atoms with Crippen LogP contribution in [0.5, 0.6) is 0 Å². The summed E-state index contributed by atoms with van der Waals surface area (Å²) in [5.41, 5.74) is 2.14. The van der Waals surface area contributed by atoms with Gasteiger partial charge >= 0.3 is 5.97 Å². The van der Waals surface area contributed by atoms with E-state index in [2.05, 4.69) is 15.1 Å². The van der Waals surface area contributed by atoms with Gasteiger partial charge in [-0.25, -0.2) is 14.3 Å². The minimum Gasteiger partial charge on any atom is -0.441 e. The van der Waals surface area contributed by atoms with Crippen LogP contribution >= 0.6 is 0 Å². The molecule has 0 saturated carbocycles. The smallest absolute Gasteiger partial charge is 0.379 e. The molecule has 1 amide bonds. The molecule has 1 atom stereocenters. The first-order valence-corrected chi connectivity index (χ1v) is 8.05. The van der Waals surface area contributed by atoms with E-state index in [4.69, 9.17) is 4.74 Å². The van der Waals surface area contributed by atoms with E-state index in [1.165, 1.54) is 9.42 Å². The van der Waals surface area contributed by atoms with Crippen LogP contribution in [0.1, 0.15) is 33.7 Å². The number of nitrogens with zero attached hydrogens (tertiary/aromatic N) is 5. The Hall–Kier alpha value is -3.29. The molecule has 0 unspecified atom stereocenters. The monoisotopic (exact) mass is 353 g/mol. The summed E-state index contributed by atoms with van der Waals surface area (Å²) in [6, 6.07) is 10.7. The minimum absolute atomic E-state index is 0.140. The number of esters is 1. The van der Waals surface area contributed by atoms with Crippen molar-refractivity contribution in [3.8, 4) is 0 Å². The molecule has 8 nitrogen and oxygen atoms in total. The van der Waals surface area contributed by atoms with Crippen molar-refractivity contribution in [1.29, 1.82) is 0 Å². The molecular formula is C18H19N5O3. The third-order valence-corrected chi connectivity index (χ3v) is 3.79. The predicted molar refractivity (Wildman–Crippen MR) is 93.5 cm³/mol. The van der Waals surface area contributed by atoms with E-state index in [1.54, 1.807) is 38.4 Å². The highest BCUT2D eigenvalue weighted by molar-refractivity contribution is 5.90. The molecule has 8 heteroatoms. The Balaban J connectivity index is 1.93. The summed E-state index contributed by atoms with van der Waals surface area (Å²) < 4.78 is 6.92. The Bertz CT molecular complexity index is 966. The average molecular weight is 353 g/mol. The fourth-order valence-electron chi connectivity index (χ4n) is 2.54. The summed E-state index contributed by atoms with van der Waals surface area (Å²) in [6.07, 6.45) is -1.07. The van der Waals surface area contributed by atoms with Crippen molar-refractivity contribution in [1.82, 2.24) is 24.5 Å². The number of aryl methyl sites for hydroxylation is 2. The number of hydrogen-bond acceptors (Lipinski definition) is 6. The molecule has 26 heavy (non-hydrogen) atoms. The van der Waals surface area contributed by atoms with Gasteiger partial charge in [0.05, 0.1) is 0 Å². The number of carbonyl (C=O) groups excluding carboxylic acids is 2. The largest absolute Gasteiger partial charge is 0.441 e. The molecule has 0 aliphatic rings. The van der Waals surface area contributed by atoms with Crippen molar-refractivity contribution in [2.24, 2.45) is 0 Å². The van der Waals surface area contributed by atoms with Crippen LogP contribution in [0.2, 0.25) is 0 Å². The zero-order chi connectivity index (χ0) is 18.8. The lowest BCUT2D eigenvalue weighted by molar-refractivity contribution is -0.138. The molecule has 2 aromatic heterocycles. The van der Waals surface area contributed by atoms with Gasteiger partial charge in [-0.1, -0.05) is 30.3 Å². The summed E-state index contributed by atoms with van der Waals surface area (Å²) in [5.74, 6) is -0.960. The number of aromatic nitrogens is 4. The number of carbonyl (C=O) groups is 2. The third kappa shape index (κ3) is 3.39. The number of rotatable bonds is 4. The first-order valence-electron chi connectivity index (χ1n) is 8.05. The highest BCUT2D eigenvalue weighted by Gasteiger charge is 2.28. The lowest BCUT2D eigenvalue weighted by Gasteiger charge is -2.20. The summed E-state index contributed by atoms with van der Waals surface area (Å²) >= 11 is 0. The molecule has 0 saturated heterocycles. The Morgan fingerprint density at radius 1 is 1.12 bits per heavy atom. The average Bonchev–Trinajstić information content (AvgIpc) is 3.04. The fourth-order valence-corrected chi connectivity index (χ4v) is 2.54. The van der Waals surface area contributed by atoms with Crippen LogP contribution < -0.4 is 0 Å². The molecule has 3 aromatic rings. The molecule has 0 N–H and O–H groups in total. The third-order valence-electron chi connectivity index (χ3n) is 3.79. The van der Waals surface area contributed by atoms with E-state index in [9.17, 15) is 9.59 Å². The number of hydrogen-bond donors (Lipinski definition) is 0. The summed E-state index contributed by atoms with van der Waals surface area (Å²) in [6.45, 7) is 3.68. The quantitative estimate of drug-likeness (QED) is 0.664. The highest BCUT2D eigenvalue weighted by Crippen LogP contribution is 2.21. The van der Waals surface area contributed by atoms with Crippen LogP contribution in [0.15, 0.2) is 36.4 Å². The number of amides is 1. The van der Waals surface area contributed by atoms with E-state index in [-0.39, 0.29) is 11.7 Å². The van der Waals surface area contributed by atoms with Gasteiger partial charge in [0.2, 0.25) is 6.10 Å². The normalized spacial score (nSPS) is 12.0. The van der Waals surface area contributed by atoms with E-state index < -0.39 is 12.1 Å². The molecule has 0 radical (unpaired) electrons. The maximum absolute atomic E-state index is 12.6. The van der Waals surface area contributed by atoms with Gasteiger partial charge in [-0.05, 0) is 19.9 Å². The summed E-state index contributed by atoms with van der Waals surface area (Å²) in [7, 11) is 3.21.